The molecule has 0 radical (unpaired) electrons. The Morgan fingerprint density at radius 3 is 2.33 bits per heavy atom. The van der Waals surface area contributed by atoms with E-state index in [1.807, 2.05) is 18.8 Å². The summed E-state index contributed by atoms with van der Waals surface area (Å²) in [7, 11) is 3.83. The van der Waals surface area contributed by atoms with Crippen molar-refractivity contribution in [3.8, 4) is 0 Å². The minimum absolute atomic E-state index is 0.270. The predicted octanol–water partition coefficient (Wildman–Crippen LogP) is 3.57. The van der Waals surface area contributed by atoms with Crippen LogP contribution in [0.4, 0.5) is 0 Å². The quantitative estimate of drug-likeness (QED) is 0.579. The van der Waals surface area contributed by atoms with E-state index in [9.17, 15) is 0 Å². The lowest BCUT2D eigenvalue weighted by Crippen LogP contribution is -2.44. The Morgan fingerprint density at radius 2 is 1.81 bits per heavy atom. The number of nitrogens with one attached hydrogen (secondary N) is 2. The topological polar surface area (TPSA) is 54.2 Å². The molecule has 2 unspecified atom stereocenters. The molecule has 0 saturated carbocycles. The molecule has 2 aromatic rings. The maximum Gasteiger partial charge on any atom is 0.191 e. The Morgan fingerprint density at radius 1 is 1.15 bits per heavy atom. The standard InChI is InChI=1S/C22H35N5/c1-15(2)21(19-11-9-8-10-12-19)14-24-22(23-6)25-16(3)13-20-17(4)26-27(7)18(20)5/h8-12,15-16,21H,13-14H2,1-7H3,(H2,23,24,25). The number of guanidine groups is 1. The number of rotatable bonds is 7. The highest BCUT2D eigenvalue weighted by Crippen LogP contribution is 2.23. The minimum atomic E-state index is 0.270. The average Bonchev–Trinajstić information content (AvgIpc) is 2.87. The number of benzene rings is 1. The Bertz CT molecular complexity index is 746. The maximum atomic E-state index is 4.52. The number of hydrogen-bond donors (Lipinski definition) is 2. The number of hydrogen-bond acceptors (Lipinski definition) is 2. The van der Waals surface area contributed by atoms with E-state index in [-0.39, 0.29) is 6.04 Å². The second-order valence-electron chi connectivity index (χ2n) is 7.74. The van der Waals surface area contributed by atoms with Gasteiger partial charge in [-0.3, -0.25) is 9.67 Å². The van der Waals surface area contributed by atoms with Crippen molar-refractivity contribution in [2.24, 2.45) is 18.0 Å². The van der Waals surface area contributed by atoms with Crippen molar-refractivity contribution >= 4 is 5.96 Å². The van der Waals surface area contributed by atoms with Crippen molar-refractivity contribution in [2.75, 3.05) is 13.6 Å². The largest absolute Gasteiger partial charge is 0.356 e. The molecule has 0 aliphatic rings. The van der Waals surface area contributed by atoms with Crippen molar-refractivity contribution < 1.29 is 0 Å². The highest BCUT2D eigenvalue weighted by molar-refractivity contribution is 5.80. The summed E-state index contributed by atoms with van der Waals surface area (Å²) in [6.45, 7) is 11.8. The highest BCUT2D eigenvalue weighted by Gasteiger charge is 2.17. The molecule has 2 rings (SSSR count). The van der Waals surface area contributed by atoms with Gasteiger partial charge in [-0.1, -0.05) is 44.2 Å². The second-order valence-corrected chi connectivity index (χ2v) is 7.74. The molecule has 1 aromatic heterocycles. The number of nitrogens with zero attached hydrogens (tertiary/aromatic N) is 3. The van der Waals surface area contributed by atoms with E-state index in [1.165, 1.54) is 16.8 Å². The molecule has 0 aliphatic carbocycles. The van der Waals surface area contributed by atoms with Gasteiger partial charge in [-0.2, -0.15) is 5.10 Å². The van der Waals surface area contributed by atoms with Crippen LogP contribution in [-0.4, -0.2) is 35.4 Å². The summed E-state index contributed by atoms with van der Waals surface area (Å²) in [6, 6.07) is 11.0. The molecule has 0 fully saturated rings. The van der Waals surface area contributed by atoms with Crippen LogP contribution in [0.2, 0.25) is 0 Å². The summed E-state index contributed by atoms with van der Waals surface area (Å²) in [5, 5.41) is 11.6. The summed E-state index contributed by atoms with van der Waals surface area (Å²) in [6.07, 6.45) is 0.929. The molecule has 5 nitrogen and oxygen atoms in total. The molecule has 0 spiro atoms. The van der Waals surface area contributed by atoms with Gasteiger partial charge >= 0.3 is 0 Å². The van der Waals surface area contributed by atoms with Crippen LogP contribution >= 0.6 is 0 Å². The number of aliphatic imine (C=N–C) groups is 1. The second kappa shape index (κ2) is 9.58. The third-order valence-electron chi connectivity index (χ3n) is 5.30. The summed E-state index contributed by atoms with van der Waals surface area (Å²) < 4.78 is 1.96. The molecular formula is C22H35N5. The van der Waals surface area contributed by atoms with Crippen LogP contribution in [0.1, 0.15) is 49.2 Å². The molecular weight excluding hydrogens is 334 g/mol. The molecule has 2 N–H and O–H groups in total. The van der Waals surface area contributed by atoms with Crippen molar-refractivity contribution in [3.63, 3.8) is 0 Å². The Labute approximate surface area is 164 Å². The zero-order valence-electron chi connectivity index (χ0n) is 17.9. The van der Waals surface area contributed by atoms with Gasteiger partial charge in [0.15, 0.2) is 5.96 Å². The van der Waals surface area contributed by atoms with Gasteiger partial charge in [0, 0.05) is 38.3 Å². The normalized spacial score (nSPS) is 14.3. The summed E-state index contributed by atoms with van der Waals surface area (Å²) in [5.41, 5.74) is 5.02. The first kappa shape index (κ1) is 21.0. The smallest absolute Gasteiger partial charge is 0.191 e. The minimum Gasteiger partial charge on any atom is -0.356 e. The van der Waals surface area contributed by atoms with Gasteiger partial charge in [0.25, 0.3) is 0 Å². The summed E-state index contributed by atoms with van der Waals surface area (Å²) >= 11 is 0. The SMILES string of the molecule is CN=C(NCC(c1ccccc1)C(C)C)NC(C)Cc1c(C)nn(C)c1C. The fourth-order valence-electron chi connectivity index (χ4n) is 3.54. The Kier molecular flexibility index (Phi) is 7.45. The van der Waals surface area contributed by atoms with Crippen molar-refractivity contribution in [1.29, 1.82) is 0 Å². The van der Waals surface area contributed by atoms with Gasteiger partial charge in [0.05, 0.1) is 5.69 Å². The predicted molar refractivity (Wildman–Crippen MR) is 114 cm³/mol. The van der Waals surface area contributed by atoms with Crippen molar-refractivity contribution in [2.45, 2.75) is 53.0 Å². The van der Waals surface area contributed by atoms with Crippen LogP contribution in [0, 0.1) is 19.8 Å². The lowest BCUT2D eigenvalue weighted by molar-refractivity contribution is 0.486. The molecule has 1 aromatic carbocycles. The van der Waals surface area contributed by atoms with Crippen LogP contribution in [0.15, 0.2) is 35.3 Å². The summed E-state index contributed by atoms with van der Waals surface area (Å²) in [4.78, 5) is 4.42. The van der Waals surface area contributed by atoms with Crippen molar-refractivity contribution in [3.05, 3.63) is 52.8 Å². The van der Waals surface area contributed by atoms with E-state index < -0.39 is 0 Å². The number of aromatic nitrogens is 2. The highest BCUT2D eigenvalue weighted by atomic mass is 15.3. The molecule has 0 saturated heterocycles. The summed E-state index contributed by atoms with van der Waals surface area (Å²) in [5.74, 6) is 1.85. The van der Waals surface area contributed by atoms with Gasteiger partial charge in [-0.05, 0) is 44.2 Å². The lowest BCUT2D eigenvalue weighted by Gasteiger charge is -2.24. The van der Waals surface area contributed by atoms with Crippen LogP contribution in [0.3, 0.4) is 0 Å². The van der Waals surface area contributed by atoms with Gasteiger partial charge in [-0.15, -0.1) is 0 Å². The van der Waals surface area contributed by atoms with Crippen LogP contribution in [0.5, 0.6) is 0 Å². The van der Waals surface area contributed by atoms with Crippen LogP contribution in [0.25, 0.3) is 0 Å². The van der Waals surface area contributed by atoms with Gasteiger partial charge in [-0.25, -0.2) is 0 Å². The van der Waals surface area contributed by atoms with Gasteiger partial charge < -0.3 is 10.6 Å². The van der Waals surface area contributed by atoms with E-state index in [1.54, 1.807) is 0 Å². The van der Waals surface area contributed by atoms with Crippen LogP contribution in [-0.2, 0) is 13.5 Å². The van der Waals surface area contributed by atoms with E-state index >= 15 is 0 Å². The van der Waals surface area contributed by atoms with E-state index in [2.05, 4.69) is 85.7 Å². The third-order valence-corrected chi connectivity index (χ3v) is 5.30. The van der Waals surface area contributed by atoms with Crippen molar-refractivity contribution in [1.82, 2.24) is 20.4 Å². The monoisotopic (exact) mass is 369 g/mol. The first-order valence-corrected chi connectivity index (χ1v) is 9.84. The zero-order chi connectivity index (χ0) is 20.0. The third kappa shape index (κ3) is 5.59. The zero-order valence-corrected chi connectivity index (χ0v) is 17.9. The molecule has 5 heteroatoms. The maximum absolute atomic E-state index is 4.52. The molecule has 148 valence electrons. The molecule has 27 heavy (non-hydrogen) atoms. The molecule has 0 bridgehead atoms. The van der Waals surface area contributed by atoms with E-state index in [0.717, 1.165) is 24.6 Å². The van der Waals surface area contributed by atoms with Gasteiger partial charge in [0.1, 0.15) is 0 Å². The Hall–Kier alpha value is -2.30. The Balaban J connectivity index is 1.96. The first-order chi connectivity index (χ1) is 12.8. The average molecular weight is 370 g/mol. The van der Waals surface area contributed by atoms with Crippen LogP contribution < -0.4 is 10.6 Å². The molecule has 2 atom stereocenters. The van der Waals surface area contributed by atoms with Gasteiger partial charge in [0.2, 0.25) is 0 Å². The fraction of sp³-hybridized carbons (Fsp3) is 0.545. The molecule has 0 amide bonds. The fourth-order valence-corrected chi connectivity index (χ4v) is 3.54. The number of aryl methyl sites for hydroxylation is 2. The van der Waals surface area contributed by atoms with E-state index in [4.69, 9.17) is 0 Å². The molecule has 0 aliphatic heterocycles. The first-order valence-electron chi connectivity index (χ1n) is 9.84. The lowest BCUT2D eigenvalue weighted by atomic mass is 9.88. The van der Waals surface area contributed by atoms with E-state index in [0.29, 0.717) is 11.8 Å². The molecule has 1 heterocycles.